The minimum absolute atomic E-state index is 0.111. The van der Waals surface area contributed by atoms with Gasteiger partial charge in [-0.1, -0.05) is 0 Å². The van der Waals surface area contributed by atoms with Gasteiger partial charge in [0.25, 0.3) is 11.7 Å². The Morgan fingerprint density at radius 1 is 1.35 bits per heavy atom. The van der Waals surface area contributed by atoms with Crippen LogP contribution in [0.25, 0.3) is 0 Å². The summed E-state index contributed by atoms with van der Waals surface area (Å²) >= 11 is 0. The van der Waals surface area contributed by atoms with Crippen LogP contribution in [0.5, 0.6) is 0 Å². The van der Waals surface area contributed by atoms with E-state index in [0.717, 1.165) is 19.5 Å². The second-order valence-electron chi connectivity index (χ2n) is 4.83. The lowest BCUT2D eigenvalue weighted by Gasteiger charge is -2.24. The summed E-state index contributed by atoms with van der Waals surface area (Å²) in [5.41, 5.74) is 0. The number of hydrogen-bond donors (Lipinski definition) is 1. The van der Waals surface area contributed by atoms with Crippen molar-refractivity contribution in [3.05, 3.63) is 5.82 Å². The molecule has 7 nitrogen and oxygen atoms in total. The zero-order chi connectivity index (χ0) is 11.8. The van der Waals surface area contributed by atoms with Crippen LogP contribution < -0.4 is 0 Å². The van der Waals surface area contributed by atoms with Crippen molar-refractivity contribution in [2.75, 3.05) is 20.1 Å². The van der Waals surface area contributed by atoms with Crippen LogP contribution in [0, 0.1) is 0 Å². The number of hydrogen-bond acceptors (Lipinski definition) is 5. The summed E-state index contributed by atoms with van der Waals surface area (Å²) < 4.78 is 0. The molecule has 92 valence electrons. The highest BCUT2D eigenvalue weighted by Gasteiger charge is 2.36. The highest BCUT2D eigenvalue weighted by molar-refractivity contribution is 5.90. The second-order valence-corrected chi connectivity index (χ2v) is 4.83. The third kappa shape index (κ3) is 1.80. The van der Waals surface area contributed by atoms with Crippen molar-refractivity contribution in [1.82, 2.24) is 30.4 Å². The summed E-state index contributed by atoms with van der Waals surface area (Å²) in [5, 5.41) is 13.3. The summed E-state index contributed by atoms with van der Waals surface area (Å²) in [4.78, 5) is 16.4. The molecule has 0 radical (unpaired) electrons. The third-order valence-electron chi connectivity index (χ3n) is 3.97. The molecule has 2 bridgehead atoms. The van der Waals surface area contributed by atoms with Crippen molar-refractivity contribution in [3.8, 4) is 0 Å². The summed E-state index contributed by atoms with van der Waals surface area (Å²) in [6, 6.07) is 1.11. The van der Waals surface area contributed by atoms with Gasteiger partial charge in [-0.3, -0.25) is 9.69 Å². The number of likely N-dealkylation sites (N-methyl/N-ethyl adjacent to an activating group) is 1. The van der Waals surface area contributed by atoms with Crippen LogP contribution in [0.3, 0.4) is 0 Å². The molecular formula is C10H16N6O. The van der Waals surface area contributed by atoms with Gasteiger partial charge in [0, 0.05) is 25.2 Å². The molecule has 2 unspecified atom stereocenters. The number of fused-ring (bicyclic) bond motifs is 2. The average Bonchev–Trinajstić information content (AvgIpc) is 2.88. The number of nitrogens with zero attached hydrogens (tertiary/aromatic N) is 5. The maximum absolute atomic E-state index is 12.1. The quantitative estimate of drug-likeness (QED) is 0.711. The normalized spacial score (nSPS) is 29.4. The van der Waals surface area contributed by atoms with E-state index in [9.17, 15) is 4.79 Å². The van der Waals surface area contributed by atoms with Crippen LogP contribution in [-0.2, 0) is 0 Å². The van der Waals surface area contributed by atoms with Gasteiger partial charge in [0.1, 0.15) is 0 Å². The number of aromatic nitrogens is 4. The van der Waals surface area contributed by atoms with Gasteiger partial charge in [-0.05, 0) is 31.5 Å². The Balaban J connectivity index is 1.75. The van der Waals surface area contributed by atoms with Gasteiger partial charge in [-0.2, -0.15) is 5.21 Å². The summed E-state index contributed by atoms with van der Waals surface area (Å²) in [7, 11) is 2.16. The molecule has 0 aromatic carbocycles. The Bertz CT molecular complexity index is 405. The molecule has 3 rings (SSSR count). The monoisotopic (exact) mass is 236 g/mol. The van der Waals surface area contributed by atoms with Gasteiger partial charge in [0.15, 0.2) is 0 Å². The van der Waals surface area contributed by atoms with Gasteiger partial charge in [0.2, 0.25) is 0 Å². The van der Waals surface area contributed by atoms with E-state index in [1.807, 2.05) is 4.90 Å². The van der Waals surface area contributed by atoms with E-state index in [1.54, 1.807) is 0 Å². The van der Waals surface area contributed by atoms with Crippen molar-refractivity contribution >= 4 is 5.91 Å². The topological polar surface area (TPSA) is 78.0 Å². The lowest BCUT2D eigenvalue weighted by Crippen LogP contribution is -2.40. The van der Waals surface area contributed by atoms with Crippen LogP contribution in [0.1, 0.15) is 29.9 Å². The predicted octanol–water partition coefficient (Wildman–Crippen LogP) is -0.492. The fourth-order valence-corrected chi connectivity index (χ4v) is 2.89. The first-order valence-corrected chi connectivity index (χ1v) is 6.00. The largest absolute Gasteiger partial charge is 0.334 e. The first-order chi connectivity index (χ1) is 8.25. The number of amides is 1. The maximum Gasteiger partial charge on any atom is 0.295 e. The Morgan fingerprint density at radius 3 is 2.94 bits per heavy atom. The van der Waals surface area contributed by atoms with Crippen LogP contribution in [0.15, 0.2) is 0 Å². The molecular weight excluding hydrogens is 220 g/mol. The first-order valence-electron chi connectivity index (χ1n) is 6.00. The van der Waals surface area contributed by atoms with Gasteiger partial charge in [-0.15, -0.1) is 10.2 Å². The number of tetrazole rings is 1. The van der Waals surface area contributed by atoms with Crippen LogP contribution in [-0.4, -0.2) is 68.6 Å². The Hall–Kier alpha value is -1.50. The minimum Gasteiger partial charge on any atom is -0.334 e. The van der Waals surface area contributed by atoms with E-state index in [4.69, 9.17) is 0 Å². The number of carbonyl (C=O) groups excluding carboxylic acids is 1. The molecule has 1 aromatic heterocycles. The predicted molar refractivity (Wildman–Crippen MR) is 59.3 cm³/mol. The second kappa shape index (κ2) is 4.06. The maximum atomic E-state index is 12.1. The number of H-pyrrole nitrogens is 1. The average molecular weight is 236 g/mol. The molecule has 2 aliphatic rings. The van der Waals surface area contributed by atoms with Crippen molar-refractivity contribution in [2.24, 2.45) is 0 Å². The van der Waals surface area contributed by atoms with Gasteiger partial charge in [0.05, 0.1) is 0 Å². The van der Waals surface area contributed by atoms with Crippen molar-refractivity contribution in [2.45, 2.75) is 31.3 Å². The highest BCUT2D eigenvalue weighted by atomic mass is 16.2. The molecule has 1 N–H and O–H groups in total. The molecule has 17 heavy (non-hydrogen) atoms. The van der Waals surface area contributed by atoms with E-state index in [1.165, 1.54) is 12.8 Å². The molecule has 2 fully saturated rings. The smallest absolute Gasteiger partial charge is 0.295 e. The fourth-order valence-electron chi connectivity index (χ4n) is 2.89. The van der Waals surface area contributed by atoms with E-state index in [2.05, 4.69) is 32.6 Å². The molecule has 1 aromatic rings. The lowest BCUT2D eigenvalue weighted by molar-refractivity contribution is 0.0728. The zero-order valence-corrected chi connectivity index (χ0v) is 9.83. The van der Waals surface area contributed by atoms with Crippen molar-refractivity contribution in [1.29, 1.82) is 0 Å². The van der Waals surface area contributed by atoms with E-state index in [0.29, 0.717) is 12.1 Å². The Morgan fingerprint density at radius 2 is 2.18 bits per heavy atom. The number of carbonyl (C=O) groups is 1. The Labute approximate surface area is 99.2 Å². The summed E-state index contributed by atoms with van der Waals surface area (Å²) in [5.74, 6) is 0.0603. The number of likely N-dealkylation sites (tertiary alicyclic amines) is 1. The molecule has 0 saturated carbocycles. The molecule has 0 aliphatic carbocycles. The molecule has 3 heterocycles. The number of nitrogens with one attached hydrogen (secondary N) is 1. The van der Waals surface area contributed by atoms with E-state index >= 15 is 0 Å². The van der Waals surface area contributed by atoms with Crippen molar-refractivity contribution < 1.29 is 4.79 Å². The molecule has 0 spiro atoms. The standard InChI is InChI=1S/C10H16N6O/c1-15-7-2-3-8(15)6-16(5-4-7)10(17)9-11-13-14-12-9/h7-8H,2-6H2,1H3,(H,11,12,13,14). The van der Waals surface area contributed by atoms with Crippen LogP contribution >= 0.6 is 0 Å². The van der Waals surface area contributed by atoms with Gasteiger partial charge in [-0.25, -0.2) is 0 Å². The molecule has 2 atom stereocenters. The number of aromatic amines is 1. The minimum atomic E-state index is -0.111. The zero-order valence-electron chi connectivity index (χ0n) is 9.83. The molecule has 1 amide bonds. The SMILES string of the molecule is CN1C2CCC1CN(C(=O)c1nn[nH]n1)CC2. The molecule has 2 aliphatic heterocycles. The number of rotatable bonds is 1. The van der Waals surface area contributed by atoms with E-state index < -0.39 is 0 Å². The van der Waals surface area contributed by atoms with Crippen molar-refractivity contribution in [3.63, 3.8) is 0 Å². The summed E-state index contributed by atoms with van der Waals surface area (Å²) in [6.45, 7) is 1.57. The van der Waals surface area contributed by atoms with Gasteiger partial charge < -0.3 is 4.90 Å². The summed E-state index contributed by atoms with van der Waals surface area (Å²) in [6.07, 6.45) is 3.47. The highest BCUT2D eigenvalue weighted by Crippen LogP contribution is 2.28. The van der Waals surface area contributed by atoms with Crippen LogP contribution in [0.4, 0.5) is 0 Å². The Kier molecular flexibility index (Phi) is 2.54. The van der Waals surface area contributed by atoms with Gasteiger partial charge >= 0.3 is 0 Å². The molecule has 2 saturated heterocycles. The first kappa shape index (κ1) is 10.6. The lowest BCUT2D eigenvalue weighted by atomic mass is 10.1. The molecule has 7 heteroatoms. The third-order valence-corrected chi connectivity index (χ3v) is 3.97. The fraction of sp³-hybridized carbons (Fsp3) is 0.800. The van der Waals surface area contributed by atoms with E-state index in [-0.39, 0.29) is 11.7 Å². The van der Waals surface area contributed by atoms with Crippen LogP contribution in [0.2, 0.25) is 0 Å².